The third kappa shape index (κ3) is 2.51. The number of rotatable bonds is 4. The van der Waals surface area contributed by atoms with Gasteiger partial charge in [-0.05, 0) is 25.0 Å². The average Bonchev–Trinajstić information content (AvgIpc) is 3.44. The number of hydrogen-bond donors (Lipinski definition) is 1. The highest BCUT2D eigenvalue weighted by Gasteiger charge is 2.37. The van der Waals surface area contributed by atoms with E-state index < -0.39 is 10.8 Å². The normalized spacial score (nSPS) is 18.3. The maximum Gasteiger partial charge on any atom is 0.210 e. The van der Waals surface area contributed by atoms with Crippen LogP contribution in [0.3, 0.4) is 0 Å². The summed E-state index contributed by atoms with van der Waals surface area (Å²) in [5.41, 5.74) is 0.894. The van der Waals surface area contributed by atoms with Crippen LogP contribution in [-0.4, -0.2) is 21.8 Å². The second-order valence-electron chi connectivity index (χ2n) is 5.91. The van der Waals surface area contributed by atoms with E-state index in [2.05, 4.69) is 5.32 Å². The van der Waals surface area contributed by atoms with Crippen LogP contribution in [0.25, 0.3) is 0 Å². The molecule has 0 saturated heterocycles. The third-order valence-electron chi connectivity index (χ3n) is 4.15. The summed E-state index contributed by atoms with van der Waals surface area (Å²) >= 11 is 0. The van der Waals surface area contributed by atoms with Crippen molar-refractivity contribution in [2.75, 3.05) is 0 Å². The minimum absolute atomic E-state index is 0.0665. The second-order valence-corrected chi connectivity index (χ2v) is 7.33. The van der Waals surface area contributed by atoms with E-state index in [1.807, 2.05) is 6.07 Å². The maximum absolute atomic E-state index is 13.0. The molecule has 0 heterocycles. The van der Waals surface area contributed by atoms with Crippen molar-refractivity contribution in [2.24, 2.45) is 0 Å². The number of nitrogens with one attached hydrogen (secondary N) is 1. The second kappa shape index (κ2) is 5.83. The fourth-order valence-electron chi connectivity index (χ4n) is 2.75. The van der Waals surface area contributed by atoms with E-state index in [4.69, 9.17) is 0 Å². The molecule has 0 amide bonds. The van der Waals surface area contributed by atoms with Crippen LogP contribution in [0.4, 0.5) is 0 Å². The molecule has 120 valence electrons. The molecule has 4 nitrogen and oxygen atoms in total. The molecule has 4 rings (SSSR count). The quantitative estimate of drug-likeness (QED) is 0.932. The Morgan fingerprint density at radius 3 is 2.04 bits per heavy atom. The lowest BCUT2D eigenvalue weighted by molar-refractivity contribution is 0.0974. The van der Waals surface area contributed by atoms with Crippen molar-refractivity contribution in [1.29, 1.82) is 0 Å². The number of allylic oxidation sites excluding steroid dienone is 2. The van der Waals surface area contributed by atoms with E-state index in [1.54, 1.807) is 48.5 Å². The highest BCUT2D eigenvalue weighted by atomic mass is 32.2. The van der Waals surface area contributed by atoms with Crippen LogP contribution in [0.15, 0.2) is 70.1 Å². The summed E-state index contributed by atoms with van der Waals surface area (Å²) in [7, 11) is -1.70. The molecule has 2 aromatic rings. The van der Waals surface area contributed by atoms with Gasteiger partial charge in [0.05, 0.1) is 10.8 Å². The van der Waals surface area contributed by atoms with Gasteiger partial charge in [0.15, 0.2) is 0 Å². The van der Waals surface area contributed by atoms with E-state index in [0.29, 0.717) is 16.0 Å². The molecule has 2 aliphatic rings. The van der Waals surface area contributed by atoms with Crippen molar-refractivity contribution in [1.82, 2.24) is 5.32 Å². The number of carbonyl (C=O) groups excluding carboxylic acids is 2. The zero-order valence-corrected chi connectivity index (χ0v) is 13.6. The van der Waals surface area contributed by atoms with Gasteiger partial charge >= 0.3 is 0 Å². The van der Waals surface area contributed by atoms with Gasteiger partial charge in [0.1, 0.15) is 10.6 Å². The van der Waals surface area contributed by atoms with Crippen LogP contribution in [0.1, 0.15) is 33.6 Å². The first-order chi connectivity index (χ1) is 11.7. The Labute approximate surface area is 142 Å². The van der Waals surface area contributed by atoms with Crippen molar-refractivity contribution in [3.05, 3.63) is 76.3 Å². The van der Waals surface area contributed by atoms with Gasteiger partial charge in [0.25, 0.3) is 0 Å². The van der Waals surface area contributed by atoms with Gasteiger partial charge in [-0.3, -0.25) is 9.59 Å². The number of benzene rings is 2. The molecule has 0 spiro atoms. The Morgan fingerprint density at radius 2 is 1.42 bits per heavy atom. The lowest BCUT2D eigenvalue weighted by atomic mass is 9.92. The van der Waals surface area contributed by atoms with Gasteiger partial charge in [0.2, 0.25) is 11.6 Å². The summed E-state index contributed by atoms with van der Waals surface area (Å²) in [6.07, 6.45) is 1.91. The highest BCUT2D eigenvalue weighted by Crippen LogP contribution is 2.32. The summed E-state index contributed by atoms with van der Waals surface area (Å²) < 4.78 is 13.0. The summed E-state index contributed by atoms with van der Waals surface area (Å²) in [6, 6.07) is 15.7. The lowest BCUT2D eigenvalue weighted by Gasteiger charge is -2.21. The predicted molar refractivity (Wildman–Crippen MR) is 91.1 cm³/mol. The number of fused-ring (bicyclic) bond motifs is 1. The van der Waals surface area contributed by atoms with Crippen molar-refractivity contribution < 1.29 is 13.8 Å². The molecule has 5 heteroatoms. The number of carbonyl (C=O) groups is 2. The van der Waals surface area contributed by atoms with Gasteiger partial charge in [-0.15, -0.1) is 0 Å². The summed E-state index contributed by atoms with van der Waals surface area (Å²) in [5, 5.41) is 3.13. The minimum Gasteiger partial charge on any atom is -0.378 e. The van der Waals surface area contributed by atoms with Gasteiger partial charge in [-0.25, -0.2) is 4.21 Å². The van der Waals surface area contributed by atoms with Gasteiger partial charge in [0, 0.05) is 22.1 Å². The predicted octanol–water partition coefficient (Wildman–Crippen LogP) is 2.84. The number of ketones is 2. The fourth-order valence-corrected chi connectivity index (χ4v) is 4.01. The van der Waals surface area contributed by atoms with Crippen LogP contribution in [0.5, 0.6) is 0 Å². The monoisotopic (exact) mass is 337 g/mol. The molecule has 0 bridgehead atoms. The first-order valence-electron chi connectivity index (χ1n) is 7.83. The Kier molecular flexibility index (Phi) is 3.65. The van der Waals surface area contributed by atoms with Crippen molar-refractivity contribution in [3.63, 3.8) is 0 Å². The highest BCUT2D eigenvalue weighted by molar-refractivity contribution is 7.90. The van der Waals surface area contributed by atoms with E-state index in [1.165, 1.54) is 0 Å². The molecule has 1 fully saturated rings. The minimum atomic E-state index is -1.70. The van der Waals surface area contributed by atoms with Crippen molar-refractivity contribution in [3.8, 4) is 0 Å². The molecular weight excluding hydrogens is 322 g/mol. The SMILES string of the molecule is O=C1C(NC2CC2)=C(S(=O)c2ccccc2)C(=O)c2ccccc21. The van der Waals surface area contributed by atoms with Crippen molar-refractivity contribution >= 4 is 22.4 Å². The molecule has 2 aliphatic carbocycles. The van der Waals surface area contributed by atoms with Crippen LogP contribution in [0, 0.1) is 0 Å². The van der Waals surface area contributed by atoms with Crippen LogP contribution >= 0.6 is 0 Å². The number of Topliss-reactive ketones (excluding diaryl/α,β-unsaturated/α-hetero) is 2. The smallest absolute Gasteiger partial charge is 0.210 e. The van der Waals surface area contributed by atoms with E-state index in [-0.39, 0.29) is 28.2 Å². The molecule has 1 saturated carbocycles. The van der Waals surface area contributed by atoms with Crippen LogP contribution in [-0.2, 0) is 10.8 Å². The molecule has 0 radical (unpaired) electrons. The topological polar surface area (TPSA) is 63.2 Å². The van der Waals surface area contributed by atoms with Crippen molar-refractivity contribution in [2.45, 2.75) is 23.8 Å². The fraction of sp³-hybridized carbons (Fsp3) is 0.158. The summed E-state index contributed by atoms with van der Waals surface area (Å²) in [5.74, 6) is -0.591. The van der Waals surface area contributed by atoms with Gasteiger partial charge in [-0.2, -0.15) is 0 Å². The van der Waals surface area contributed by atoms with Crippen LogP contribution in [0.2, 0.25) is 0 Å². The van der Waals surface area contributed by atoms with Gasteiger partial charge in [-0.1, -0.05) is 42.5 Å². The molecule has 24 heavy (non-hydrogen) atoms. The lowest BCUT2D eigenvalue weighted by Crippen LogP contribution is -2.33. The molecule has 1 unspecified atom stereocenters. The molecule has 0 aliphatic heterocycles. The van der Waals surface area contributed by atoms with E-state index in [0.717, 1.165) is 12.8 Å². The summed E-state index contributed by atoms with van der Waals surface area (Å²) in [4.78, 5) is 26.4. The Bertz CT molecular complexity index is 898. The largest absolute Gasteiger partial charge is 0.378 e. The van der Waals surface area contributed by atoms with Gasteiger partial charge < -0.3 is 5.32 Å². The first-order valence-corrected chi connectivity index (χ1v) is 8.98. The molecular formula is C19H15NO3S. The molecule has 2 aromatic carbocycles. The molecule has 1 N–H and O–H groups in total. The Hall–Kier alpha value is -2.53. The zero-order chi connectivity index (χ0) is 16.7. The number of hydrogen-bond acceptors (Lipinski definition) is 4. The Morgan fingerprint density at radius 1 is 0.833 bits per heavy atom. The standard InChI is InChI=1S/C19H15NO3S/c21-17-14-8-4-5-9-15(14)18(22)19(16(17)20-12-10-11-12)24(23)13-6-2-1-3-7-13/h1-9,12,20H,10-11H2. The molecule has 1 atom stereocenters. The van der Waals surface area contributed by atoms with E-state index in [9.17, 15) is 13.8 Å². The maximum atomic E-state index is 13.0. The van der Waals surface area contributed by atoms with E-state index >= 15 is 0 Å². The molecule has 0 aromatic heterocycles. The average molecular weight is 337 g/mol. The zero-order valence-electron chi connectivity index (χ0n) is 12.8. The Balaban J connectivity index is 1.87. The first kappa shape index (κ1) is 15.0. The van der Waals surface area contributed by atoms with Crippen LogP contribution < -0.4 is 5.32 Å². The summed E-state index contributed by atoms with van der Waals surface area (Å²) in [6.45, 7) is 0. The third-order valence-corrected chi connectivity index (χ3v) is 5.61.